The summed E-state index contributed by atoms with van der Waals surface area (Å²) in [6.07, 6.45) is 9.91. The summed E-state index contributed by atoms with van der Waals surface area (Å²) < 4.78 is 2.49. The fourth-order valence-electron chi connectivity index (χ4n) is 4.69. The summed E-state index contributed by atoms with van der Waals surface area (Å²) in [5.74, 6) is 0.757. The maximum absolute atomic E-state index is 2.75. The molecule has 0 amide bonds. The van der Waals surface area contributed by atoms with Gasteiger partial charge in [0.05, 0.1) is 11.6 Å². The van der Waals surface area contributed by atoms with E-state index in [4.69, 9.17) is 0 Å². The molecule has 2 nitrogen and oxygen atoms in total. The van der Waals surface area contributed by atoms with Crippen molar-refractivity contribution in [3.63, 3.8) is 0 Å². The number of hydrogen-bond acceptors (Lipinski definition) is 1. The summed E-state index contributed by atoms with van der Waals surface area (Å²) in [5.41, 5.74) is 4.69. The number of benzene rings is 1. The first kappa shape index (κ1) is 11.2. The molecule has 1 unspecified atom stereocenters. The minimum atomic E-state index is 0.643. The Morgan fingerprint density at radius 3 is 3.05 bits per heavy atom. The Balaban J connectivity index is 1.90. The molecule has 102 valence electrons. The van der Waals surface area contributed by atoms with Crippen molar-refractivity contribution in [2.75, 3.05) is 13.1 Å². The van der Waals surface area contributed by atoms with Crippen LogP contribution in [0.3, 0.4) is 0 Å². The Bertz CT molecular complexity index is 710. The summed E-state index contributed by atoms with van der Waals surface area (Å²) in [4.78, 5) is 2.75. The standard InChI is InChI=1S/C18H20N2/c1-2-8-15-14(7-1)17-13-6-5-10-19(12-13)16-9-3-4-11-20(15)18(16)17/h1-2,4,7-8,11,13,16H,3,5-6,9-10,12H2/t13-,16-/m0/s1. The van der Waals surface area contributed by atoms with Gasteiger partial charge >= 0.3 is 0 Å². The van der Waals surface area contributed by atoms with E-state index in [1.54, 1.807) is 11.3 Å². The molecule has 0 spiro atoms. The van der Waals surface area contributed by atoms with Gasteiger partial charge in [0.1, 0.15) is 0 Å². The van der Waals surface area contributed by atoms with Gasteiger partial charge in [0.25, 0.3) is 0 Å². The molecule has 4 heterocycles. The Labute approximate surface area is 119 Å². The minimum Gasteiger partial charge on any atom is -0.319 e. The number of para-hydroxylation sites is 1. The number of rotatable bonds is 0. The summed E-state index contributed by atoms with van der Waals surface area (Å²) in [7, 11) is 0. The second-order valence-electron chi connectivity index (χ2n) is 6.50. The molecule has 3 aliphatic heterocycles. The highest BCUT2D eigenvalue weighted by Gasteiger charge is 2.39. The van der Waals surface area contributed by atoms with Crippen LogP contribution in [0.5, 0.6) is 0 Å². The van der Waals surface area contributed by atoms with Crippen LogP contribution in [0, 0.1) is 0 Å². The predicted molar refractivity (Wildman–Crippen MR) is 82.8 cm³/mol. The van der Waals surface area contributed by atoms with Crippen molar-refractivity contribution in [3.05, 3.63) is 41.6 Å². The van der Waals surface area contributed by atoms with E-state index in [0.717, 1.165) is 5.92 Å². The molecule has 2 bridgehead atoms. The Hall–Kier alpha value is -1.54. The highest BCUT2D eigenvalue weighted by molar-refractivity contribution is 5.88. The topological polar surface area (TPSA) is 8.17 Å². The molecule has 1 aromatic heterocycles. The van der Waals surface area contributed by atoms with Gasteiger partial charge in [-0.25, -0.2) is 0 Å². The number of fused-ring (bicyclic) bond motifs is 7. The van der Waals surface area contributed by atoms with Crippen LogP contribution in [0.1, 0.15) is 48.9 Å². The molecule has 0 saturated carbocycles. The fraction of sp³-hybridized carbons (Fsp3) is 0.444. The smallest absolute Gasteiger partial charge is 0.0528 e. The normalized spacial score (nSPS) is 31.1. The molecule has 0 aliphatic carbocycles. The molecule has 3 aliphatic rings. The van der Waals surface area contributed by atoms with Crippen molar-refractivity contribution in [2.45, 2.75) is 37.6 Å². The molecule has 1 saturated heterocycles. The Morgan fingerprint density at radius 1 is 1.10 bits per heavy atom. The van der Waals surface area contributed by atoms with E-state index < -0.39 is 0 Å². The zero-order valence-electron chi connectivity index (χ0n) is 11.8. The SMILES string of the molecule is C1=Cn2c3c(c4ccccc42)[C@H]2CCCN(C2)[C@H]3CC1. The van der Waals surface area contributed by atoms with Crippen molar-refractivity contribution in [1.29, 1.82) is 0 Å². The first-order valence-corrected chi connectivity index (χ1v) is 7.97. The molecule has 1 fully saturated rings. The zero-order chi connectivity index (χ0) is 13.1. The maximum atomic E-state index is 2.75. The average molecular weight is 264 g/mol. The summed E-state index contributed by atoms with van der Waals surface area (Å²) >= 11 is 0. The third-order valence-electron chi connectivity index (χ3n) is 5.47. The highest BCUT2D eigenvalue weighted by atomic mass is 15.2. The lowest BCUT2D eigenvalue weighted by Gasteiger charge is -2.43. The molecule has 20 heavy (non-hydrogen) atoms. The van der Waals surface area contributed by atoms with Crippen molar-refractivity contribution in [1.82, 2.24) is 9.47 Å². The van der Waals surface area contributed by atoms with Crippen LogP contribution in [-0.4, -0.2) is 22.6 Å². The van der Waals surface area contributed by atoms with Gasteiger partial charge in [-0.2, -0.15) is 0 Å². The van der Waals surface area contributed by atoms with Crippen LogP contribution in [-0.2, 0) is 0 Å². The van der Waals surface area contributed by atoms with Gasteiger partial charge < -0.3 is 4.57 Å². The van der Waals surface area contributed by atoms with Crippen molar-refractivity contribution in [3.8, 4) is 0 Å². The lowest BCUT2D eigenvalue weighted by Crippen LogP contribution is -2.42. The predicted octanol–water partition coefficient (Wildman–Crippen LogP) is 4.14. The lowest BCUT2D eigenvalue weighted by molar-refractivity contribution is 0.121. The van der Waals surface area contributed by atoms with E-state index in [9.17, 15) is 0 Å². The first-order valence-electron chi connectivity index (χ1n) is 7.97. The minimum absolute atomic E-state index is 0.643. The molecular formula is C18H20N2. The highest BCUT2D eigenvalue weighted by Crippen LogP contribution is 2.48. The van der Waals surface area contributed by atoms with E-state index in [1.807, 2.05) is 0 Å². The van der Waals surface area contributed by atoms with Gasteiger partial charge in [-0.05, 0) is 49.8 Å². The van der Waals surface area contributed by atoms with E-state index in [-0.39, 0.29) is 0 Å². The number of piperidine rings is 1. The second-order valence-corrected chi connectivity index (χ2v) is 6.50. The van der Waals surface area contributed by atoms with Crippen molar-refractivity contribution < 1.29 is 0 Å². The van der Waals surface area contributed by atoms with Crippen LogP contribution < -0.4 is 0 Å². The van der Waals surface area contributed by atoms with Crippen LogP contribution >= 0.6 is 0 Å². The van der Waals surface area contributed by atoms with E-state index in [1.165, 1.54) is 49.7 Å². The van der Waals surface area contributed by atoms with Crippen LogP contribution in [0.25, 0.3) is 17.1 Å². The van der Waals surface area contributed by atoms with Crippen LogP contribution in [0.4, 0.5) is 0 Å². The Kier molecular flexibility index (Phi) is 2.22. The summed E-state index contributed by atoms with van der Waals surface area (Å²) in [5, 5.41) is 1.51. The molecule has 3 atom stereocenters. The number of allylic oxidation sites excluding steroid dienone is 1. The number of nitrogens with zero attached hydrogens (tertiary/aromatic N) is 2. The van der Waals surface area contributed by atoms with Gasteiger partial charge in [0.2, 0.25) is 0 Å². The van der Waals surface area contributed by atoms with Gasteiger partial charge in [-0.15, -0.1) is 0 Å². The van der Waals surface area contributed by atoms with Gasteiger partial charge in [0.15, 0.2) is 0 Å². The molecule has 2 aromatic rings. The van der Waals surface area contributed by atoms with E-state index in [2.05, 4.69) is 46.0 Å². The molecule has 2 heteroatoms. The maximum Gasteiger partial charge on any atom is 0.0528 e. The molecule has 1 aromatic carbocycles. The third-order valence-corrected chi connectivity index (χ3v) is 5.47. The molecule has 0 N–H and O–H groups in total. The largest absolute Gasteiger partial charge is 0.319 e. The first-order chi connectivity index (χ1) is 9.93. The summed E-state index contributed by atoms with van der Waals surface area (Å²) in [6, 6.07) is 9.65. The molecular weight excluding hydrogens is 244 g/mol. The molecule has 0 radical (unpaired) electrons. The van der Waals surface area contributed by atoms with Gasteiger partial charge in [-0.1, -0.05) is 24.3 Å². The molecule has 5 rings (SSSR count). The third kappa shape index (κ3) is 1.33. The monoisotopic (exact) mass is 264 g/mol. The second kappa shape index (κ2) is 3.98. The van der Waals surface area contributed by atoms with Gasteiger partial charge in [-0.3, -0.25) is 4.90 Å². The number of hydrogen-bond donors (Lipinski definition) is 0. The van der Waals surface area contributed by atoms with Gasteiger partial charge in [0, 0.05) is 23.8 Å². The fourth-order valence-corrected chi connectivity index (χ4v) is 4.69. The van der Waals surface area contributed by atoms with E-state index >= 15 is 0 Å². The Morgan fingerprint density at radius 2 is 2.05 bits per heavy atom. The summed E-state index contributed by atoms with van der Waals surface area (Å²) in [6.45, 7) is 2.58. The average Bonchev–Trinajstić information content (AvgIpc) is 2.66. The number of aromatic nitrogens is 1. The lowest BCUT2D eigenvalue weighted by atomic mass is 9.81. The quantitative estimate of drug-likeness (QED) is 0.694. The van der Waals surface area contributed by atoms with Crippen LogP contribution in [0.15, 0.2) is 30.3 Å². The zero-order valence-corrected chi connectivity index (χ0v) is 11.8. The van der Waals surface area contributed by atoms with Crippen molar-refractivity contribution in [2.24, 2.45) is 0 Å². The van der Waals surface area contributed by atoms with Crippen LogP contribution in [0.2, 0.25) is 0 Å². The van der Waals surface area contributed by atoms with Crippen molar-refractivity contribution >= 4 is 17.1 Å². The van der Waals surface area contributed by atoms with E-state index in [0.29, 0.717) is 6.04 Å².